The lowest BCUT2D eigenvalue weighted by molar-refractivity contribution is -0.143. The largest absolute Gasteiger partial charge is 0.468 e. The Hall–Kier alpha value is -1.88. The van der Waals surface area contributed by atoms with Crippen LogP contribution in [0.15, 0.2) is 24.3 Å². The first-order chi connectivity index (χ1) is 9.52. The SMILES string of the molecule is COC(=O)c1ccc(C2(NC(C)C(=O)OC)CC2)cc1. The van der Waals surface area contributed by atoms with Crippen molar-refractivity contribution in [3.63, 3.8) is 0 Å². The van der Waals surface area contributed by atoms with Crippen molar-refractivity contribution in [1.82, 2.24) is 5.32 Å². The molecule has 0 saturated heterocycles. The minimum Gasteiger partial charge on any atom is -0.468 e. The summed E-state index contributed by atoms with van der Waals surface area (Å²) in [7, 11) is 2.74. The zero-order valence-corrected chi connectivity index (χ0v) is 11.9. The van der Waals surface area contributed by atoms with Crippen molar-refractivity contribution in [1.29, 1.82) is 0 Å². The van der Waals surface area contributed by atoms with E-state index in [1.165, 1.54) is 14.2 Å². The molecule has 1 aliphatic carbocycles. The molecule has 5 nitrogen and oxygen atoms in total. The molecule has 0 heterocycles. The molecular formula is C15H19NO4. The summed E-state index contributed by atoms with van der Waals surface area (Å²) < 4.78 is 9.40. The van der Waals surface area contributed by atoms with Gasteiger partial charge in [0.2, 0.25) is 0 Å². The zero-order valence-electron chi connectivity index (χ0n) is 11.9. The summed E-state index contributed by atoms with van der Waals surface area (Å²) >= 11 is 0. The fourth-order valence-corrected chi connectivity index (χ4v) is 2.33. The van der Waals surface area contributed by atoms with Crippen LogP contribution in [0.4, 0.5) is 0 Å². The van der Waals surface area contributed by atoms with Crippen molar-refractivity contribution in [2.24, 2.45) is 0 Å². The first kappa shape index (κ1) is 14.5. The highest BCUT2D eigenvalue weighted by atomic mass is 16.5. The van der Waals surface area contributed by atoms with Gasteiger partial charge in [0.25, 0.3) is 0 Å². The molecule has 0 radical (unpaired) electrons. The second-order valence-electron chi connectivity index (χ2n) is 5.04. The Morgan fingerprint density at radius 2 is 1.75 bits per heavy atom. The van der Waals surface area contributed by atoms with Crippen LogP contribution >= 0.6 is 0 Å². The number of carbonyl (C=O) groups is 2. The highest BCUT2D eigenvalue weighted by Gasteiger charge is 2.45. The van der Waals surface area contributed by atoms with E-state index in [1.807, 2.05) is 12.1 Å². The second kappa shape index (κ2) is 5.63. The lowest BCUT2D eigenvalue weighted by Gasteiger charge is -2.22. The van der Waals surface area contributed by atoms with Crippen LogP contribution in [0.3, 0.4) is 0 Å². The Morgan fingerprint density at radius 3 is 2.20 bits per heavy atom. The molecule has 1 atom stereocenters. The first-order valence-corrected chi connectivity index (χ1v) is 6.57. The number of esters is 2. The third kappa shape index (κ3) is 2.82. The second-order valence-corrected chi connectivity index (χ2v) is 5.04. The average molecular weight is 277 g/mol. The number of hydrogen-bond donors (Lipinski definition) is 1. The summed E-state index contributed by atoms with van der Waals surface area (Å²) in [6, 6.07) is 6.92. The minimum absolute atomic E-state index is 0.178. The van der Waals surface area contributed by atoms with E-state index in [0.29, 0.717) is 5.56 Å². The van der Waals surface area contributed by atoms with Gasteiger partial charge in [0.05, 0.1) is 19.8 Å². The van der Waals surface area contributed by atoms with Gasteiger partial charge in [-0.15, -0.1) is 0 Å². The van der Waals surface area contributed by atoms with Crippen molar-refractivity contribution in [3.8, 4) is 0 Å². The summed E-state index contributed by atoms with van der Waals surface area (Å²) in [6.07, 6.45) is 1.93. The van der Waals surface area contributed by atoms with E-state index < -0.39 is 0 Å². The molecule has 0 aromatic heterocycles. The van der Waals surface area contributed by atoms with Gasteiger partial charge in [0.15, 0.2) is 0 Å². The maximum absolute atomic E-state index is 11.5. The van der Waals surface area contributed by atoms with Gasteiger partial charge in [-0.2, -0.15) is 0 Å². The van der Waals surface area contributed by atoms with E-state index in [4.69, 9.17) is 4.74 Å². The standard InChI is InChI=1S/C15H19NO4/c1-10(13(17)19-2)16-15(8-9-15)12-6-4-11(5-7-12)14(18)20-3/h4-7,10,16H,8-9H2,1-3H3. The lowest BCUT2D eigenvalue weighted by atomic mass is 10.0. The Labute approximate surface area is 118 Å². The fraction of sp³-hybridized carbons (Fsp3) is 0.467. The number of nitrogens with one attached hydrogen (secondary N) is 1. The third-order valence-electron chi connectivity index (χ3n) is 3.66. The molecule has 1 unspecified atom stereocenters. The molecular weight excluding hydrogens is 258 g/mol. The van der Waals surface area contributed by atoms with Crippen molar-refractivity contribution >= 4 is 11.9 Å². The van der Waals surface area contributed by atoms with Gasteiger partial charge in [0, 0.05) is 5.54 Å². The maximum atomic E-state index is 11.5. The maximum Gasteiger partial charge on any atom is 0.337 e. The van der Waals surface area contributed by atoms with Crippen LogP contribution in [0.2, 0.25) is 0 Å². The van der Waals surface area contributed by atoms with Gasteiger partial charge < -0.3 is 9.47 Å². The van der Waals surface area contributed by atoms with Crippen molar-refractivity contribution in [3.05, 3.63) is 35.4 Å². The van der Waals surface area contributed by atoms with Crippen molar-refractivity contribution in [2.45, 2.75) is 31.3 Å². The molecule has 2 rings (SSSR count). The summed E-state index contributed by atoms with van der Waals surface area (Å²) in [6.45, 7) is 1.79. The monoisotopic (exact) mass is 277 g/mol. The predicted molar refractivity (Wildman–Crippen MR) is 73.3 cm³/mol. The Morgan fingerprint density at radius 1 is 1.15 bits per heavy atom. The van der Waals surface area contributed by atoms with Crippen LogP contribution in [-0.4, -0.2) is 32.2 Å². The number of carbonyl (C=O) groups excluding carboxylic acids is 2. The summed E-state index contributed by atoms with van der Waals surface area (Å²) in [5.74, 6) is -0.625. The highest BCUT2D eigenvalue weighted by Crippen LogP contribution is 2.45. The number of ether oxygens (including phenoxy) is 2. The lowest BCUT2D eigenvalue weighted by Crippen LogP contribution is -2.42. The molecule has 0 amide bonds. The number of rotatable bonds is 5. The van der Waals surface area contributed by atoms with Gasteiger partial charge in [-0.3, -0.25) is 10.1 Å². The molecule has 108 valence electrons. The Bertz CT molecular complexity index is 505. The summed E-state index contributed by atoms with van der Waals surface area (Å²) in [5.41, 5.74) is 1.41. The molecule has 1 saturated carbocycles. The normalized spacial score (nSPS) is 17.1. The van der Waals surface area contributed by atoms with Crippen LogP contribution in [-0.2, 0) is 19.8 Å². The van der Waals surface area contributed by atoms with E-state index in [9.17, 15) is 9.59 Å². The van der Waals surface area contributed by atoms with Crippen LogP contribution in [0.5, 0.6) is 0 Å². The predicted octanol–water partition coefficient (Wildman–Crippen LogP) is 1.61. The van der Waals surface area contributed by atoms with Crippen molar-refractivity contribution in [2.75, 3.05) is 14.2 Å². The smallest absolute Gasteiger partial charge is 0.337 e. The van der Waals surface area contributed by atoms with Gasteiger partial charge >= 0.3 is 11.9 Å². The summed E-state index contributed by atoms with van der Waals surface area (Å²) in [5, 5.41) is 3.31. The van der Waals surface area contributed by atoms with Crippen LogP contribution in [0, 0.1) is 0 Å². The van der Waals surface area contributed by atoms with Gasteiger partial charge in [-0.05, 0) is 37.5 Å². The molecule has 1 aliphatic rings. The van der Waals surface area contributed by atoms with Crippen molar-refractivity contribution < 1.29 is 19.1 Å². The van der Waals surface area contributed by atoms with Crippen LogP contribution in [0.25, 0.3) is 0 Å². The molecule has 0 aliphatic heterocycles. The molecule has 0 bridgehead atoms. The van der Waals surface area contributed by atoms with E-state index >= 15 is 0 Å². The Kier molecular flexibility index (Phi) is 4.09. The van der Waals surface area contributed by atoms with Crippen LogP contribution < -0.4 is 5.32 Å². The number of hydrogen-bond acceptors (Lipinski definition) is 5. The van der Waals surface area contributed by atoms with E-state index in [1.54, 1.807) is 19.1 Å². The third-order valence-corrected chi connectivity index (χ3v) is 3.66. The minimum atomic E-state index is -0.359. The zero-order chi connectivity index (χ0) is 14.8. The van der Waals surface area contributed by atoms with E-state index in [2.05, 4.69) is 10.1 Å². The molecule has 20 heavy (non-hydrogen) atoms. The van der Waals surface area contributed by atoms with Gasteiger partial charge in [-0.1, -0.05) is 12.1 Å². The topological polar surface area (TPSA) is 64.6 Å². The highest BCUT2D eigenvalue weighted by molar-refractivity contribution is 5.89. The van der Waals surface area contributed by atoms with Gasteiger partial charge in [0.1, 0.15) is 6.04 Å². The molecule has 5 heteroatoms. The van der Waals surface area contributed by atoms with Crippen LogP contribution in [0.1, 0.15) is 35.7 Å². The molecule has 1 aromatic rings. The van der Waals surface area contributed by atoms with Gasteiger partial charge in [-0.25, -0.2) is 4.79 Å². The quantitative estimate of drug-likeness (QED) is 0.828. The fourth-order valence-electron chi connectivity index (χ4n) is 2.33. The number of methoxy groups -OCH3 is 2. The Balaban J connectivity index is 2.11. The molecule has 0 spiro atoms. The first-order valence-electron chi connectivity index (χ1n) is 6.57. The molecule has 1 N–H and O–H groups in total. The summed E-state index contributed by atoms with van der Waals surface area (Å²) in [4.78, 5) is 22.9. The van der Waals surface area contributed by atoms with E-state index in [-0.39, 0.29) is 23.5 Å². The van der Waals surface area contributed by atoms with E-state index in [0.717, 1.165) is 18.4 Å². The number of benzene rings is 1. The molecule has 1 fully saturated rings. The molecule has 1 aromatic carbocycles. The average Bonchev–Trinajstić information content (AvgIpc) is 3.26.